The Morgan fingerprint density at radius 2 is 1.81 bits per heavy atom. The van der Waals surface area contributed by atoms with E-state index in [1.54, 1.807) is 6.07 Å². The maximum absolute atomic E-state index is 14.1. The SMILES string of the molecule is O=C(Nc1ccccc1)N1CCC2(CCCN2Cc2ccccc2F)C1. The third-order valence-electron chi connectivity index (χ3n) is 5.70. The summed E-state index contributed by atoms with van der Waals surface area (Å²) in [5.41, 5.74) is 1.53. The van der Waals surface area contributed by atoms with E-state index < -0.39 is 0 Å². The van der Waals surface area contributed by atoms with Gasteiger partial charge in [0, 0.05) is 36.4 Å². The maximum Gasteiger partial charge on any atom is 0.321 e. The summed E-state index contributed by atoms with van der Waals surface area (Å²) < 4.78 is 14.1. The largest absolute Gasteiger partial charge is 0.323 e. The van der Waals surface area contributed by atoms with Crippen molar-refractivity contribution in [3.05, 3.63) is 66.0 Å². The Labute approximate surface area is 153 Å². The molecule has 26 heavy (non-hydrogen) atoms. The molecule has 0 saturated carbocycles. The van der Waals surface area contributed by atoms with E-state index in [1.807, 2.05) is 47.4 Å². The standard InChI is InChI=1S/C21H24FN3O/c22-19-10-5-4-7-17(19)15-25-13-6-11-21(25)12-14-24(16-21)20(26)23-18-8-2-1-3-9-18/h1-5,7-10H,6,11-16H2,(H,23,26). The lowest BCUT2D eigenvalue weighted by atomic mass is 9.94. The third-order valence-corrected chi connectivity index (χ3v) is 5.70. The molecule has 1 spiro atoms. The highest BCUT2D eigenvalue weighted by Gasteiger charge is 2.47. The van der Waals surface area contributed by atoms with Gasteiger partial charge in [0.25, 0.3) is 0 Å². The molecule has 2 amide bonds. The van der Waals surface area contributed by atoms with Gasteiger partial charge < -0.3 is 10.2 Å². The number of benzene rings is 2. The van der Waals surface area contributed by atoms with Gasteiger partial charge in [0.15, 0.2) is 0 Å². The van der Waals surface area contributed by atoms with Gasteiger partial charge in [0.1, 0.15) is 5.82 Å². The Bertz CT molecular complexity index is 782. The normalized spacial score (nSPS) is 22.9. The van der Waals surface area contributed by atoms with Crippen LogP contribution in [0.5, 0.6) is 0 Å². The first-order valence-corrected chi connectivity index (χ1v) is 9.26. The predicted octanol–water partition coefficient (Wildman–Crippen LogP) is 4.10. The average molecular weight is 353 g/mol. The van der Waals surface area contributed by atoms with Crippen molar-refractivity contribution >= 4 is 11.7 Å². The van der Waals surface area contributed by atoms with Crippen molar-refractivity contribution in [2.45, 2.75) is 31.3 Å². The van der Waals surface area contributed by atoms with Gasteiger partial charge in [-0.3, -0.25) is 4.90 Å². The molecule has 2 aromatic carbocycles. The first-order valence-electron chi connectivity index (χ1n) is 9.26. The van der Waals surface area contributed by atoms with Crippen LogP contribution >= 0.6 is 0 Å². The Morgan fingerprint density at radius 1 is 1.04 bits per heavy atom. The summed E-state index contributed by atoms with van der Waals surface area (Å²) in [5.74, 6) is -0.147. The summed E-state index contributed by atoms with van der Waals surface area (Å²) in [6.45, 7) is 3.02. The van der Waals surface area contributed by atoms with Crippen molar-refractivity contribution in [2.24, 2.45) is 0 Å². The maximum atomic E-state index is 14.1. The predicted molar refractivity (Wildman–Crippen MR) is 100 cm³/mol. The van der Waals surface area contributed by atoms with Crippen LogP contribution in [0.2, 0.25) is 0 Å². The van der Waals surface area contributed by atoms with Crippen LogP contribution < -0.4 is 5.32 Å². The molecule has 5 heteroatoms. The van der Waals surface area contributed by atoms with Crippen molar-refractivity contribution in [3.8, 4) is 0 Å². The molecule has 4 nitrogen and oxygen atoms in total. The number of rotatable bonds is 3. The van der Waals surface area contributed by atoms with Crippen LogP contribution in [0.15, 0.2) is 54.6 Å². The number of carbonyl (C=O) groups is 1. The zero-order valence-electron chi connectivity index (χ0n) is 14.8. The number of amides is 2. The lowest BCUT2D eigenvalue weighted by Crippen LogP contribution is -2.47. The zero-order valence-corrected chi connectivity index (χ0v) is 14.8. The fourth-order valence-corrected chi connectivity index (χ4v) is 4.29. The molecule has 1 atom stereocenters. The fourth-order valence-electron chi connectivity index (χ4n) is 4.29. The molecule has 0 aliphatic carbocycles. The molecule has 2 aliphatic rings. The number of anilines is 1. The van der Waals surface area contributed by atoms with E-state index in [0.29, 0.717) is 13.1 Å². The summed E-state index contributed by atoms with van der Waals surface area (Å²) in [4.78, 5) is 16.9. The second-order valence-electron chi connectivity index (χ2n) is 7.31. The van der Waals surface area contributed by atoms with Crippen LogP contribution in [0.25, 0.3) is 0 Å². The minimum atomic E-state index is -0.147. The summed E-state index contributed by atoms with van der Waals surface area (Å²) in [7, 11) is 0. The first kappa shape index (κ1) is 17.0. The van der Waals surface area contributed by atoms with E-state index in [4.69, 9.17) is 0 Å². The first-order chi connectivity index (χ1) is 12.7. The molecule has 0 aromatic heterocycles. The van der Waals surface area contributed by atoms with E-state index in [-0.39, 0.29) is 17.4 Å². The second kappa shape index (κ2) is 7.08. The number of halogens is 1. The molecule has 2 aromatic rings. The molecule has 0 bridgehead atoms. The number of nitrogens with zero attached hydrogens (tertiary/aromatic N) is 2. The van der Waals surface area contributed by atoms with Crippen molar-refractivity contribution in [1.82, 2.24) is 9.80 Å². The Kier molecular flexibility index (Phi) is 4.64. The Hall–Kier alpha value is -2.40. The second-order valence-corrected chi connectivity index (χ2v) is 7.31. The number of urea groups is 1. The van der Waals surface area contributed by atoms with Gasteiger partial charge in [0.05, 0.1) is 0 Å². The van der Waals surface area contributed by atoms with E-state index >= 15 is 0 Å². The summed E-state index contributed by atoms with van der Waals surface area (Å²) in [6, 6.07) is 16.5. The van der Waals surface area contributed by atoms with Crippen LogP contribution in [0.4, 0.5) is 14.9 Å². The molecule has 4 rings (SSSR count). The molecule has 2 saturated heterocycles. The highest BCUT2D eigenvalue weighted by molar-refractivity contribution is 5.89. The topological polar surface area (TPSA) is 35.6 Å². The number of nitrogens with one attached hydrogen (secondary N) is 1. The highest BCUT2D eigenvalue weighted by Crippen LogP contribution is 2.39. The van der Waals surface area contributed by atoms with E-state index in [2.05, 4.69) is 10.2 Å². The number of carbonyl (C=O) groups excluding carboxylic acids is 1. The molecule has 136 valence electrons. The van der Waals surface area contributed by atoms with Gasteiger partial charge >= 0.3 is 6.03 Å². The number of hydrogen-bond donors (Lipinski definition) is 1. The summed E-state index contributed by atoms with van der Waals surface area (Å²) in [5, 5.41) is 2.97. The van der Waals surface area contributed by atoms with E-state index in [1.165, 1.54) is 6.07 Å². The summed E-state index contributed by atoms with van der Waals surface area (Å²) >= 11 is 0. The van der Waals surface area contributed by atoms with Crippen molar-refractivity contribution in [3.63, 3.8) is 0 Å². The Morgan fingerprint density at radius 3 is 2.62 bits per heavy atom. The molecule has 0 radical (unpaired) electrons. The van der Waals surface area contributed by atoms with Gasteiger partial charge in [-0.15, -0.1) is 0 Å². The van der Waals surface area contributed by atoms with Gasteiger partial charge in [-0.1, -0.05) is 36.4 Å². The zero-order chi connectivity index (χ0) is 18.0. The van der Waals surface area contributed by atoms with Gasteiger partial charge in [-0.25, -0.2) is 9.18 Å². The van der Waals surface area contributed by atoms with Crippen molar-refractivity contribution in [2.75, 3.05) is 25.0 Å². The molecule has 1 N–H and O–H groups in total. The van der Waals surface area contributed by atoms with Crippen molar-refractivity contribution < 1.29 is 9.18 Å². The van der Waals surface area contributed by atoms with Crippen LogP contribution in [-0.2, 0) is 6.54 Å². The van der Waals surface area contributed by atoms with Crippen LogP contribution in [0.1, 0.15) is 24.8 Å². The smallest absolute Gasteiger partial charge is 0.321 e. The quantitative estimate of drug-likeness (QED) is 0.902. The highest BCUT2D eigenvalue weighted by atomic mass is 19.1. The lowest BCUT2D eigenvalue weighted by Gasteiger charge is -2.35. The van der Waals surface area contributed by atoms with Crippen molar-refractivity contribution in [1.29, 1.82) is 0 Å². The molecule has 2 aliphatic heterocycles. The minimum absolute atomic E-state index is 0.0176. The average Bonchev–Trinajstić information content (AvgIpc) is 3.26. The number of likely N-dealkylation sites (tertiary alicyclic amines) is 2. The minimum Gasteiger partial charge on any atom is -0.323 e. The summed E-state index contributed by atoms with van der Waals surface area (Å²) in [6.07, 6.45) is 3.11. The van der Waals surface area contributed by atoms with Gasteiger partial charge in [-0.2, -0.15) is 0 Å². The third kappa shape index (κ3) is 3.31. The monoisotopic (exact) mass is 353 g/mol. The molecule has 1 unspecified atom stereocenters. The molecular formula is C21H24FN3O. The Balaban J connectivity index is 1.44. The lowest BCUT2D eigenvalue weighted by molar-refractivity contribution is 0.134. The molecule has 2 fully saturated rings. The molecular weight excluding hydrogens is 329 g/mol. The number of hydrogen-bond acceptors (Lipinski definition) is 2. The van der Waals surface area contributed by atoms with Crippen LogP contribution in [0, 0.1) is 5.82 Å². The number of para-hydroxylation sites is 1. The van der Waals surface area contributed by atoms with Gasteiger partial charge in [-0.05, 0) is 44.0 Å². The van der Waals surface area contributed by atoms with Crippen LogP contribution in [0.3, 0.4) is 0 Å². The van der Waals surface area contributed by atoms with E-state index in [9.17, 15) is 9.18 Å². The van der Waals surface area contributed by atoms with E-state index in [0.717, 1.165) is 43.6 Å². The van der Waals surface area contributed by atoms with Crippen LogP contribution in [-0.4, -0.2) is 41.0 Å². The molecule has 2 heterocycles. The van der Waals surface area contributed by atoms with Gasteiger partial charge in [0.2, 0.25) is 0 Å². The fraction of sp³-hybridized carbons (Fsp3) is 0.381.